The molecule has 1 aromatic heterocycles. The van der Waals surface area contributed by atoms with Crippen molar-refractivity contribution in [3.05, 3.63) is 54.0 Å². The van der Waals surface area contributed by atoms with Crippen LogP contribution in [0.15, 0.2) is 48.3 Å². The van der Waals surface area contributed by atoms with Gasteiger partial charge in [0.15, 0.2) is 0 Å². The third-order valence-corrected chi connectivity index (χ3v) is 2.01. The van der Waals surface area contributed by atoms with Crippen LogP contribution in [0.5, 0.6) is 0 Å². The van der Waals surface area contributed by atoms with Crippen molar-refractivity contribution in [2.45, 2.75) is 6.92 Å². The van der Waals surface area contributed by atoms with E-state index in [-0.39, 0.29) is 0 Å². The highest BCUT2D eigenvalue weighted by Crippen LogP contribution is 2.02. The fourth-order valence-corrected chi connectivity index (χ4v) is 1.20. The topological polar surface area (TPSA) is 39.9 Å². The number of allylic oxidation sites excluding steroid dienone is 2. The number of nitriles is 1. The van der Waals surface area contributed by atoms with Crippen molar-refractivity contribution >= 4 is 0 Å². The Balaban J connectivity index is 0.000000165. The van der Waals surface area contributed by atoms with Crippen LogP contribution in [0.3, 0.4) is 0 Å². The maximum absolute atomic E-state index is 8.43. The van der Waals surface area contributed by atoms with E-state index in [0.29, 0.717) is 0 Å². The molecule has 0 saturated heterocycles. The van der Waals surface area contributed by atoms with E-state index in [2.05, 4.69) is 11.1 Å². The molecule has 1 aromatic rings. The van der Waals surface area contributed by atoms with Gasteiger partial charge in [-0.3, -0.25) is 4.98 Å². The molecule has 2 heterocycles. The van der Waals surface area contributed by atoms with Gasteiger partial charge in [0.05, 0.1) is 12.6 Å². The molecular weight excluding hydrogens is 198 g/mol. The molecule has 0 spiro atoms. The summed E-state index contributed by atoms with van der Waals surface area (Å²) in [5.41, 5.74) is 1.89. The maximum atomic E-state index is 8.43. The molecule has 3 nitrogen and oxygen atoms in total. The number of likely N-dealkylation sites (N-methyl/N-ethyl adjacent to an activating group) is 1. The van der Waals surface area contributed by atoms with Gasteiger partial charge in [-0.15, -0.1) is 0 Å². The summed E-state index contributed by atoms with van der Waals surface area (Å²) in [6.45, 7) is 2.72. The van der Waals surface area contributed by atoms with Gasteiger partial charge in [0.2, 0.25) is 0 Å². The Bertz CT molecular complexity index is 413. The van der Waals surface area contributed by atoms with E-state index in [1.807, 2.05) is 55.4 Å². The Kier molecular flexibility index (Phi) is 4.81. The number of hydrogen-bond acceptors (Lipinski definition) is 3. The zero-order valence-electron chi connectivity index (χ0n) is 9.59. The van der Waals surface area contributed by atoms with Crippen LogP contribution in [0.25, 0.3) is 0 Å². The molecule has 82 valence electrons. The molecule has 2 rings (SSSR count). The average molecular weight is 213 g/mol. The predicted molar refractivity (Wildman–Crippen MR) is 64.4 cm³/mol. The van der Waals surface area contributed by atoms with Gasteiger partial charge in [0.25, 0.3) is 0 Å². The van der Waals surface area contributed by atoms with Gasteiger partial charge in [0.1, 0.15) is 0 Å². The molecule has 0 aliphatic carbocycles. The first-order valence-corrected chi connectivity index (χ1v) is 5.07. The minimum atomic E-state index is 0.743. The molecule has 0 amide bonds. The zero-order chi connectivity index (χ0) is 11.8. The first-order valence-electron chi connectivity index (χ1n) is 5.07. The van der Waals surface area contributed by atoms with E-state index in [1.165, 1.54) is 0 Å². The van der Waals surface area contributed by atoms with Gasteiger partial charge in [-0.2, -0.15) is 5.26 Å². The van der Waals surface area contributed by atoms with Crippen LogP contribution in [0.1, 0.15) is 5.69 Å². The minimum absolute atomic E-state index is 0.743. The van der Waals surface area contributed by atoms with Crippen LogP contribution in [0.4, 0.5) is 0 Å². The van der Waals surface area contributed by atoms with Gasteiger partial charge >= 0.3 is 0 Å². The van der Waals surface area contributed by atoms with Crippen LogP contribution < -0.4 is 0 Å². The summed E-state index contributed by atoms with van der Waals surface area (Å²) in [6, 6.07) is 7.96. The zero-order valence-corrected chi connectivity index (χ0v) is 9.59. The van der Waals surface area contributed by atoms with Crippen molar-refractivity contribution in [2.75, 3.05) is 13.6 Å². The summed E-state index contributed by atoms with van der Waals surface area (Å²) in [4.78, 5) is 5.95. The van der Waals surface area contributed by atoms with Gasteiger partial charge < -0.3 is 4.90 Å². The van der Waals surface area contributed by atoms with Crippen molar-refractivity contribution in [3.8, 4) is 6.07 Å². The Morgan fingerprint density at radius 3 is 2.62 bits per heavy atom. The highest BCUT2D eigenvalue weighted by Gasteiger charge is 1.99. The number of rotatable bonds is 0. The summed E-state index contributed by atoms with van der Waals surface area (Å²) < 4.78 is 0. The summed E-state index contributed by atoms with van der Waals surface area (Å²) in [7, 11) is 1.95. The van der Waals surface area contributed by atoms with E-state index in [1.54, 1.807) is 6.20 Å². The lowest BCUT2D eigenvalue weighted by Gasteiger charge is -2.14. The normalized spacial score (nSPS) is 13.3. The second kappa shape index (κ2) is 6.41. The fourth-order valence-electron chi connectivity index (χ4n) is 1.20. The fraction of sp³-hybridized carbons (Fsp3) is 0.231. The molecule has 1 aliphatic rings. The van der Waals surface area contributed by atoms with Crippen LogP contribution in [0, 0.1) is 18.3 Å². The first-order chi connectivity index (χ1) is 7.72. The summed E-state index contributed by atoms with van der Waals surface area (Å²) in [6.07, 6.45) is 7.44. The SMILES string of the molecule is CN1C=CC=C(C#N)C1.Cc1ccccn1. The number of nitrogens with zero attached hydrogens (tertiary/aromatic N) is 3. The largest absolute Gasteiger partial charge is 0.375 e. The molecule has 0 unspecified atom stereocenters. The average Bonchev–Trinajstić information content (AvgIpc) is 2.31. The Labute approximate surface area is 96.3 Å². The Morgan fingerprint density at radius 1 is 1.44 bits per heavy atom. The van der Waals surface area contributed by atoms with Gasteiger partial charge in [0, 0.05) is 24.5 Å². The third kappa shape index (κ3) is 4.43. The lowest BCUT2D eigenvalue weighted by atomic mass is 10.2. The van der Waals surface area contributed by atoms with Gasteiger partial charge in [-0.05, 0) is 37.4 Å². The molecular formula is C13H15N3. The van der Waals surface area contributed by atoms with Crippen molar-refractivity contribution in [3.63, 3.8) is 0 Å². The lowest BCUT2D eigenvalue weighted by molar-refractivity contribution is 0.496. The highest BCUT2D eigenvalue weighted by atomic mass is 15.1. The molecule has 3 heteroatoms. The maximum Gasteiger partial charge on any atom is 0.0966 e. The van der Waals surface area contributed by atoms with Gasteiger partial charge in [-0.25, -0.2) is 0 Å². The smallest absolute Gasteiger partial charge is 0.0966 e. The molecule has 1 aliphatic heterocycles. The highest BCUT2D eigenvalue weighted by molar-refractivity contribution is 5.29. The number of pyridine rings is 1. The molecule has 16 heavy (non-hydrogen) atoms. The molecule has 0 N–H and O–H groups in total. The summed E-state index contributed by atoms with van der Waals surface area (Å²) >= 11 is 0. The summed E-state index contributed by atoms with van der Waals surface area (Å²) in [5.74, 6) is 0. The standard InChI is InChI=1S/C7H8N2.C6H7N/c1-9-4-2-3-7(5-8)6-9;1-6-4-2-3-5-7-6/h2-4H,6H2,1H3;2-5H,1H3. The molecule has 0 bridgehead atoms. The molecule has 0 radical (unpaired) electrons. The first kappa shape index (κ1) is 12.0. The van der Waals surface area contributed by atoms with Gasteiger partial charge in [-0.1, -0.05) is 6.07 Å². The van der Waals surface area contributed by atoms with Crippen LogP contribution in [-0.4, -0.2) is 23.5 Å². The Morgan fingerprint density at radius 2 is 2.25 bits per heavy atom. The third-order valence-electron chi connectivity index (χ3n) is 2.01. The number of hydrogen-bond donors (Lipinski definition) is 0. The quantitative estimate of drug-likeness (QED) is 0.663. The molecule has 0 fully saturated rings. The summed E-state index contributed by atoms with van der Waals surface area (Å²) in [5, 5.41) is 8.43. The second-order valence-electron chi connectivity index (χ2n) is 3.53. The van der Waals surface area contributed by atoms with Crippen LogP contribution in [0.2, 0.25) is 0 Å². The predicted octanol–water partition coefficient (Wildman–Crippen LogP) is 2.29. The number of aryl methyl sites for hydroxylation is 1. The van der Waals surface area contributed by atoms with Crippen molar-refractivity contribution in [1.29, 1.82) is 5.26 Å². The van der Waals surface area contributed by atoms with E-state index in [9.17, 15) is 0 Å². The second-order valence-corrected chi connectivity index (χ2v) is 3.53. The molecule has 0 aromatic carbocycles. The van der Waals surface area contributed by atoms with Crippen molar-refractivity contribution < 1.29 is 0 Å². The van der Waals surface area contributed by atoms with Crippen LogP contribution >= 0.6 is 0 Å². The number of aromatic nitrogens is 1. The Hall–Kier alpha value is -2.08. The van der Waals surface area contributed by atoms with Crippen molar-refractivity contribution in [2.24, 2.45) is 0 Å². The molecule has 0 atom stereocenters. The van der Waals surface area contributed by atoms with E-state index >= 15 is 0 Å². The monoisotopic (exact) mass is 213 g/mol. The van der Waals surface area contributed by atoms with E-state index in [4.69, 9.17) is 5.26 Å². The van der Waals surface area contributed by atoms with E-state index < -0.39 is 0 Å². The lowest BCUT2D eigenvalue weighted by Crippen LogP contribution is -2.15. The minimum Gasteiger partial charge on any atom is -0.375 e. The van der Waals surface area contributed by atoms with Crippen molar-refractivity contribution in [1.82, 2.24) is 9.88 Å². The van der Waals surface area contributed by atoms with E-state index in [0.717, 1.165) is 17.8 Å². The van der Waals surface area contributed by atoms with Crippen LogP contribution in [-0.2, 0) is 0 Å². The molecule has 0 saturated carbocycles.